The molecule has 2 N–H and O–H groups in total. The van der Waals surface area contributed by atoms with E-state index in [1.807, 2.05) is 0 Å². The molecular formula is C29H54O4. The number of carbonyl (C=O) groups is 1. The summed E-state index contributed by atoms with van der Waals surface area (Å²) in [5, 5.41) is 19.8. The van der Waals surface area contributed by atoms with Gasteiger partial charge in [-0.15, -0.1) is 0 Å². The van der Waals surface area contributed by atoms with Crippen molar-refractivity contribution >= 4 is 5.78 Å². The van der Waals surface area contributed by atoms with Crippen LogP contribution in [0.5, 0.6) is 0 Å². The minimum atomic E-state index is -0.262. The second kappa shape index (κ2) is 17.1. The number of hydrogen-bond donors (Lipinski definition) is 2. The summed E-state index contributed by atoms with van der Waals surface area (Å²) in [6.07, 6.45) is 20.5. The van der Waals surface area contributed by atoms with Crippen LogP contribution < -0.4 is 0 Å². The average molecular weight is 467 g/mol. The lowest BCUT2D eigenvalue weighted by atomic mass is 9.84. The van der Waals surface area contributed by atoms with Gasteiger partial charge >= 0.3 is 0 Å². The van der Waals surface area contributed by atoms with Gasteiger partial charge in [-0.25, -0.2) is 0 Å². The second-order valence-corrected chi connectivity index (χ2v) is 11.2. The fourth-order valence-electron chi connectivity index (χ4n) is 6.20. The zero-order valence-corrected chi connectivity index (χ0v) is 21.8. The molecule has 2 aliphatic carbocycles. The molecule has 0 amide bonds. The molecule has 2 unspecified atom stereocenters. The molecule has 2 rings (SSSR count). The largest absolute Gasteiger partial charge is 0.394 e. The molecule has 0 bridgehead atoms. The zero-order chi connectivity index (χ0) is 23.9. The van der Waals surface area contributed by atoms with Gasteiger partial charge in [-0.05, 0) is 43.4 Å². The fraction of sp³-hybridized carbons (Fsp3) is 0.966. The molecule has 0 saturated heterocycles. The van der Waals surface area contributed by atoms with E-state index in [9.17, 15) is 15.0 Å². The normalized spacial score (nSPS) is 25.7. The van der Waals surface area contributed by atoms with Crippen LogP contribution in [0.1, 0.15) is 129 Å². The van der Waals surface area contributed by atoms with Crippen LogP contribution in [0.4, 0.5) is 0 Å². The summed E-state index contributed by atoms with van der Waals surface area (Å²) in [6, 6.07) is 0. The molecule has 0 aliphatic heterocycles. The molecule has 33 heavy (non-hydrogen) atoms. The van der Waals surface area contributed by atoms with Crippen LogP contribution >= 0.6 is 0 Å². The smallest absolute Gasteiger partial charge is 0.138 e. The van der Waals surface area contributed by atoms with Gasteiger partial charge in [0.25, 0.3) is 0 Å². The highest BCUT2D eigenvalue weighted by Gasteiger charge is 2.42. The number of Topliss-reactive ketones (excluding diaryl/α,β-unsaturated/α-hetero) is 1. The van der Waals surface area contributed by atoms with E-state index in [2.05, 4.69) is 13.8 Å². The molecule has 5 atom stereocenters. The van der Waals surface area contributed by atoms with E-state index in [4.69, 9.17) is 4.74 Å². The van der Waals surface area contributed by atoms with Crippen molar-refractivity contribution in [2.45, 2.75) is 142 Å². The lowest BCUT2D eigenvalue weighted by molar-refractivity contribution is -0.121. The van der Waals surface area contributed by atoms with E-state index in [-0.39, 0.29) is 30.7 Å². The number of ether oxygens (including phenoxy) is 1. The molecule has 0 radical (unpaired) electrons. The molecular weight excluding hydrogens is 412 g/mol. The molecule has 0 heterocycles. The van der Waals surface area contributed by atoms with E-state index in [1.54, 1.807) is 0 Å². The van der Waals surface area contributed by atoms with E-state index in [0.29, 0.717) is 18.8 Å². The first kappa shape index (κ1) is 28.8. The molecule has 194 valence electrons. The van der Waals surface area contributed by atoms with Crippen molar-refractivity contribution in [1.29, 1.82) is 0 Å². The number of aliphatic hydroxyl groups excluding tert-OH is 2. The molecule has 0 aromatic rings. The average Bonchev–Trinajstić information content (AvgIpc) is 3.43. The maximum atomic E-state index is 12.8. The zero-order valence-electron chi connectivity index (χ0n) is 21.8. The van der Waals surface area contributed by atoms with E-state index >= 15 is 0 Å². The van der Waals surface area contributed by atoms with Crippen molar-refractivity contribution < 1.29 is 19.7 Å². The van der Waals surface area contributed by atoms with E-state index in [1.165, 1.54) is 70.6 Å². The molecule has 2 fully saturated rings. The van der Waals surface area contributed by atoms with Gasteiger partial charge in [-0.2, -0.15) is 0 Å². The van der Waals surface area contributed by atoms with Crippen LogP contribution in [-0.4, -0.2) is 41.4 Å². The first-order chi connectivity index (χ1) is 16.0. The van der Waals surface area contributed by atoms with Gasteiger partial charge < -0.3 is 14.9 Å². The summed E-state index contributed by atoms with van der Waals surface area (Å²) in [6.45, 7) is 4.88. The van der Waals surface area contributed by atoms with Crippen molar-refractivity contribution in [2.24, 2.45) is 23.7 Å². The van der Waals surface area contributed by atoms with Crippen LogP contribution in [0.3, 0.4) is 0 Å². The Kier molecular flexibility index (Phi) is 14.9. The summed E-state index contributed by atoms with van der Waals surface area (Å²) in [5.74, 6) is 2.39. The number of carbonyl (C=O) groups excluding carboxylic acids is 1. The van der Waals surface area contributed by atoms with E-state index < -0.39 is 0 Å². The molecule has 0 aromatic carbocycles. The Hall–Kier alpha value is -0.450. The highest BCUT2D eigenvalue weighted by atomic mass is 16.5. The van der Waals surface area contributed by atoms with Gasteiger partial charge in [0.2, 0.25) is 0 Å². The Morgan fingerprint density at radius 1 is 0.939 bits per heavy atom. The highest BCUT2D eigenvalue weighted by Crippen LogP contribution is 2.38. The lowest BCUT2D eigenvalue weighted by Crippen LogP contribution is -2.26. The van der Waals surface area contributed by atoms with Crippen LogP contribution in [0.25, 0.3) is 0 Å². The molecule has 0 spiro atoms. The highest BCUT2D eigenvalue weighted by molar-refractivity contribution is 5.84. The maximum Gasteiger partial charge on any atom is 0.138 e. The van der Waals surface area contributed by atoms with Crippen molar-refractivity contribution in [2.75, 3.05) is 13.2 Å². The summed E-state index contributed by atoms with van der Waals surface area (Å²) >= 11 is 0. The number of rotatable bonds is 19. The maximum absolute atomic E-state index is 12.8. The van der Waals surface area contributed by atoms with Gasteiger partial charge in [0.1, 0.15) is 5.78 Å². The predicted octanol–water partition coefficient (Wildman–Crippen LogP) is 6.85. The molecule has 4 nitrogen and oxygen atoms in total. The third kappa shape index (κ3) is 11.2. The fourth-order valence-corrected chi connectivity index (χ4v) is 6.20. The second-order valence-electron chi connectivity index (χ2n) is 11.2. The van der Waals surface area contributed by atoms with Crippen LogP contribution in [0.15, 0.2) is 0 Å². The lowest BCUT2D eigenvalue weighted by Gasteiger charge is -2.25. The quantitative estimate of drug-likeness (QED) is 0.204. The SMILES string of the molecule is CCC(C)CCCCC[C@H]1C(=O)C[C@@H](OCCO)[C@@H]1CCC(O)CCCCCC1CCCC1. The predicted molar refractivity (Wildman–Crippen MR) is 136 cm³/mol. The summed E-state index contributed by atoms with van der Waals surface area (Å²) in [5.41, 5.74) is 0. The molecule has 0 aromatic heterocycles. The topological polar surface area (TPSA) is 66.8 Å². The van der Waals surface area contributed by atoms with Crippen LogP contribution in [0.2, 0.25) is 0 Å². The van der Waals surface area contributed by atoms with Gasteiger partial charge in [-0.1, -0.05) is 97.3 Å². The monoisotopic (exact) mass is 466 g/mol. The van der Waals surface area contributed by atoms with Gasteiger partial charge in [0.15, 0.2) is 0 Å². The van der Waals surface area contributed by atoms with E-state index in [0.717, 1.165) is 50.4 Å². The summed E-state index contributed by atoms with van der Waals surface area (Å²) in [7, 11) is 0. The molecule has 4 heteroatoms. The Morgan fingerprint density at radius 2 is 1.64 bits per heavy atom. The third-order valence-corrected chi connectivity index (χ3v) is 8.60. The van der Waals surface area contributed by atoms with Crippen molar-refractivity contribution in [3.63, 3.8) is 0 Å². The van der Waals surface area contributed by atoms with Crippen molar-refractivity contribution in [3.05, 3.63) is 0 Å². The third-order valence-electron chi connectivity index (χ3n) is 8.60. The Labute approximate surface area is 204 Å². The van der Waals surface area contributed by atoms with Crippen LogP contribution in [-0.2, 0) is 9.53 Å². The standard InChI is InChI=1S/C29H54O4/c1-3-23(2)12-6-4-9-17-26-27(29(22-28(26)32)33-21-20-30)19-18-25(31)16-8-5-7-13-24-14-10-11-15-24/h23-27,29-31H,3-22H2,1-2H3/t23?,25?,26-,27-,29-/m1/s1. The van der Waals surface area contributed by atoms with Gasteiger partial charge in [0, 0.05) is 12.3 Å². The van der Waals surface area contributed by atoms with Gasteiger partial charge in [-0.3, -0.25) is 4.79 Å². The van der Waals surface area contributed by atoms with Crippen LogP contribution in [0, 0.1) is 23.7 Å². The number of hydrogen-bond acceptors (Lipinski definition) is 4. The van der Waals surface area contributed by atoms with Crippen molar-refractivity contribution in [1.82, 2.24) is 0 Å². The van der Waals surface area contributed by atoms with Gasteiger partial charge in [0.05, 0.1) is 25.4 Å². The Bertz CT molecular complexity index is 502. The number of aliphatic hydroxyl groups is 2. The Balaban J connectivity index is 1.69. The minimum absolute atomic E-state index is 0.00116. The first-order valence-electron chi connectivity index (χ1n) is 14.5. The number of unbranched alkanes of at least 4 members (excludes halogenated alkanes) is 4. The first-order valence-corrected chi connectivity index (χ1v) is 14.5. The Morgan fingerprint density at radius 3 is 2.33 bits per heavy atom. The summed E-state index contributed by atoms with van der Waals surface area (Å²) < 4.78 is 5.88. The molecule has 2 saturated carbocycles. The number of ketones is 1. The summed E-state index contributed by atoms with van der Waals surface area (Å²) in [4.78, 5) is 12.8. The van der Waals surface area contributed by atoms with Crippen molar-refractivity contribution in [3.8, 4) is 0 Å². The minimum Gasteiger partial charge on any atom is -0.394 e. The molecule has 2 aliphatic rings.